The van der Waals surface area contributed by atoms with Crippen LogP contribution in [0.5, 0.6) is 0 Å². The largest absolute Gasteiger partial charge is 0.370 e. The van der Waals surface area contributed by atoms with Crippen molar-refractivity contribution < 1.29 is 14.4 Å². The molecule has 2 atom stereocenters. The minimum absolute atomic E-state index is 0.0267. The van der Waals surface area contributed by atoms with Gasteiger partial charge in [0.2, 0.25) is 17.7 Å². The highest BCUT2D eigenvalue weighted by atomic mass is 16.2. The smallest absolute Gasteiger partial charge is 0.246 e. The molecule has 0 unspecified atom stereocenters. The van der Waals surface area contributed by atoms with Crippen molar-refractivity contribution in [2.24, 2.45) is 22.2 Å². The van der Waals surface area contributed by atoms with E-state index in [9.17, 15) is 14.4 Å². The number of anilines is 1. The monoisotopic (exact) mass is 403 g/mol. The van der Waals surface area contributed by atoms with E-state index in [0.29, 0.717) is 38.0 Å². The predicted molar refractivity (Wildman–Crippen MR) is 111 cm³/mol. The molecule has 1 aromatic carbocycles. The van der Waals surface area contributed by atoms with Crippen molar-refractivity contribution >= 4 is 29.4 Å². The Balaban J connectivity index is 2.05. The van der Waals surface area contributed by atoms with E-state index >= 15 is 0 Å². The molecule has 0 saturated carbocycles. The number of hydrogen-bond donors (Lipinski definition) is 5. The third-order valence-corrected chi connectivity index (χ3v) is 4.67. The molecule has 10 nitrogen and oxygen atoms in total. The van der Waals surface area contributed by atoms with Gasteiger partial charge in [0.15, 0.2) is 5.96 Å². The van der Waals surface area contributed by atoms with Gasteiger partial charge in [-0.2, -0.15) is 0 Å². The zero-order valence-electron chi connectivity index (χ0n) is 16.3. The maximum absolute atomic E-state index is 12.8. The molecule has 1 saturated heterocycles. The van der Waals surface area contributed by atoms with E-state index in [-0.39, 0.29) is 30.2 Å². The highest BCUT2D eigenvalue weighted by molar-refractivity contribution is 5.98. The number of carbonyl (C=O) groups excluding carboxylic acids is 3. The van der Waals surface area contributed by atoms with Crippen LogP contribution >= 0.6 is 0 Å². The lowest BCUT2D eigenvalue weighted by molar-refractivity contribution is -0.138. The molecule has 2 rings (SSSR count). The first-order valence-electron chi connectivity index (χ1n) is 9.63. The minimum Gasteiger partial charge on any atom is -0.370 e. The number of para-hydroxylation sites is 1. The van der Waals surface area contributed by atoms with Crippen molar-refractivity contribution in [3.05, 3.63) is 30.3 Å². The number of carbonyl (C=O) groups is 3. The van der Waals surface area contributed by atoms with Gasteiger partial charge in [0.25, 0.3) is 0 Å². The summed E-state index contributed by atoms with van der Waals surface area (Å²) in [7, 11) is 0. The number of likely N-dealkylation sites (tertiary alicyclic amines) is 1. The molecule has 3 amide bonds. The average molecular weight is 403 g/mol. The van der Waals surface area contributed by atoms with Gasteiger partial charge in [-0.3, -0.25) is 19.4 Å². The third kappa shape index (κ3) is 6.75. The summed E-state index contributed by atoms with van der Waals surface area (Å²) in [6, 6.07) is 7.56. The van der Waals surface area contributed by atoms with Crippen molar-refractivity contribution in [1.82, 2.24) is 10.2 Å². The van der Waals surface area contributed by atoms with Crippen LogP contribution in [-0.2, 0) is 14.4 Å². The van der Waals surface area contributed by atoms with Crippen LogP contribution in [0.4, 0.5) is 5.69 Å². The Labute approximate surface area is 169 Å². The summed E-state index contributed by atoms with van der Waals surface area (Å²) in [4.78, 5) is 42.9. The third-order valence-electron chi connectivity index (χ3n) is 4.67. The van der Waals surface area contributed by atoms with Crippen LogP contribution in [0.25, 0.3) is 0 Å². The van der Waals surface area contributed by atoms with Gasteiger partial charge in [-0.1, -0.05) is 18.2 Å². The number of benzene rings is 1. The van der Waals surface area contributed by atoms with Crippen molar-refractivity contribution in [3.8, 4) is 0 Å². The Morgan fingerprint density at radius 3 is 2.59 bits per heavy atom. The second kappa shape index (κ2) is 11.0. The fourth-order valence-electron chi connectivity index (χ4n) is 3.25. The van der Waals surface area contributed by atoms with Crippen molar-refractivity contribution in [1.29, 1.82) is 0 Å². The highest BCUT2D eigenvalue weighted by Gasteiger charge is 2.35. The number of rotatable bonds is 9. The molecule has 1 aromatic rings. The van der Waals surface area contributed by atoms with Gasteiger partial charge in [0.05, 0.1) is 6.54 Å². The van der Waals surface area contributed by atoms with Crippen LogP contribution in [0.15, 0.2) is 35.3 Å². The van der Waals surface area contributed by atoms with Gasteiger partial charge < -0.3 is 32.7 Å². The van der Waals surface area contributed by atoms with E-state index in [0.717, 1.165) is 6.42 Å². The molecule has 0 aliphatic carbocycles. The number of aliphatic imine (C=N–C) groups is 1. The lowest BCUT2D eigenvalue weighted by Gasteiger charge is -2.26. The van der Waals surface area contributed by atoms with Gasteiger partial charge in [-0.05, 0) is 37.8 Å². The first kappa shape index (κ1) is 22.2. The fraction of sp³-hybridized carbons (Fsp3) is 0.474. The molecule has 1 aliphatic heterocycles. The number of amides is 3. The van der Waals surface area contributed by atoms with Crippen molar-refractivity contribution in [2.45, 2.75) is 37.8 Å². The minimum atomic E-state index is -0.785. The lowest BCUT2D eigenvalue weighted by Crippen LogP contribution is -2.52. The molecule has 158 valence electrons. The van der Waals surface area contributed by atoms with Crippen LogP contribution in [0, 0.1) is 0 Å². The van der Waals surface area contributed by atoms with Gasteiger partial charge in [0, 0.05) is 18.8 Å². The summed E-state index contributed by atoms with van der Waals surface area (Å²) in [5.74, 6) is -1.01. The molecule has 29 heavy (non-hydrogen) atoms. The Bertz CT molecular complexity index is 735. The molecule has 10 heteroatoms. The first-order valence-corrected chi connectivity index (χ1v) is 9.63. The molecule has 8 N–H and O–H groups in total. The highest BCUT2D eigenvalue weighted by Crippen LogP contribution is 2.18. The number of nitrogens with zero attached hydrogens (tertiary/aromatic N) is 2. The summed E-state index contributed by atoms with van der Waals surface area (Å²) >= 11 is 0. The van der Waals surface area contributed by atoms with Crippen LogP contribution in [0.3, 0.4) is 0 Å². The normalized spacial score (nSPS) is 16.7. The van der Waals surface area contributed by atoms with Crippen LogP contribution in [0.1, 0.15) is 25.7 Å². The van der Waals surface area contributed by atoms with Crippen LogP contribution < -0.4 is 27.8 Å². The standard InChI is InChI=1S/C19H29N7O3/c20-12-16(27)26-11-5-9-15(26)18(29)25-14(8-4-10-23-19(21)22)17(28)24-13-6-2-1-3-7-13/h1-3,6-7,14-15H,4-5,8-12,20H2,(H,24,28)(H,25,29)(H4,21,22,23)/t14-,15-/m0/s1. The fourth-order valence-corrected chi connectivity index (χ4v) is 3.25. The van der Waals surface area contributed by atoms with E-state index in [1.807, 2.05) is 6.07 Å². The Kier molecular flexibility index (Phi) is 8.41. The average Bonchev–Trinajstić information content (AvgIpc) is 3.20. The molecule has 1 heterocycles. The summed E-state index contributed by atoms with van der Waals surface area (Å²) in [6.45, 7) is 0.675. The molecule has 1 aliphatic rings. The van der Waals surface area contributed by atoms with E-state index in [4.69, 9.17) is 17.2 Å². The predicted octanol–water partition coefficient (Wildman–Crippen LogP) is -0.887. The quantitative estimate of drug-likeness (QED) is 0.204. The van der Waals surface area contributed by atoms with E-state index in [1.54, 1.807) is 24.3 Å². The Morgan fingerprint density at radius 2 is 1.93 bits per heavy atom. The second-order valence-electron chi connectivity index (χ2n) is 6.81. The summed E-state index contributed by atoms with van der Waals surface area (Å²) in [5.41, 5.74) is 16.7. The molecular formula is C19H29N7O3. The van der Waals surface area contributed by atoms with Crippen molar-refractivity contribution in [2.75, 3.05) is 25.0 Å². The Morgan fingerprint density at radius 1 is 1.21 bits per heavy atom. The number of nitrogens with two attached hydrogens (primary N) is 3. The maximum atomic E-state index is 12.8. The molecular weight excluding hydrogens is 374 g/mol. The topological polar surface area (TPSA) is 169 Å². The summed E-state index contributed by atoms with van der Waals surface area (Å²) in [6.07, 6.45) is 2.10. The zero-order chi connectivity index (χ0) is 21.2. The molecule has 0 spiro atoms. The molecule has 0 aromatic heterocycles. The lowest BCUT2D eigenvalue weighted by atomic mass is 10.1. The van der Waals surface area contributed by atoms with Gasteiger partial charge >= 0.3 is 0 Å². The second-order valence-corrected chi connectivity index (χ2v) is 6.81. The summed E-state index contributed by atoms with van der Waals surface area (Å²) in [5, 5.41) is 5.57. The molecule has 1 fully saturated rings. The molecule has 0 bridgehead atoms. The van der Waals surface area contributed by atoms with Crippen LogP contribution in [0.2, 0.25) is 0 Å². The number of hydrogen-bond acceptors (Lipinski definition) is 5. The zero-order valence-corrected chi connectivity index (χ0v) is 16.3. The van der Waals surface area contributed by atoms with Gasteiger partial charge in [-0.25, -0.2) is 0 Å². The van der Waals surface area contributed by atoms with E-state index < -0.39 is 12.1 Å². The number of nitrogens with one attached hydrogen (secondary N) is 2. The van der Waals surface area contributed by atoms with Crippen LogP contribution in [-0.4, -0.2) is 60.3 Å². The SMILES string of the molecule is NCC(=O)N1CCC[C@H]1C(=O)N[C@@H](CCCN=C(N)N)C(=O)Nc1ccccc1. The first-order chi connectivity index (χ1) is 13.9. The Hall–Kier alpha value is -3.14. The summed E-state index contributed by atoms with van der Waals surface area (Å²) < 4.78 is 0. The van der Waals surface area contributed by atoms with Gasteiger partial charge in [0.1, 0.15) is 12.1 Å². The van der Waals surface area contributed by atoms with E-state index in [2.05, 4.69) is 15.6 Å². The number of guanidine groups is 1. The maximum Gasteiger partial charge on any atom is 0.246 e. The van der Waals surface area contributed by atoms with Gasteiger partial charge in [-0.15, -0.1) is 0 Å². The van der Waals surface area contributed by atoms with Crippen molar-refractivity contribution in [3.63, 3.8) is 0 Å². The molecule has 0 radical (unpaired) electrons. The van der Waals surface area contributed by atoms with E-state index in [1.165, 1.54) is 4.90 Å².